The van der Waals surface area contributed by atoms with Gasteiger partial charge in [-0.15, -0.1) is 0 Å². The third-order valence-electron chi connectivity index (χ3n) is 4.08. The van der Waals surface area contributed by atoms with Crippen molar-refractivity contribution in [2.45, 2.75) is 26.4 Å². The molecule has 2 aromatic carbocycles. The fourth-order valence-corrected chi connectivity index (χ4v) is 2.89. The predicted molar refractivity (Wildman–Crippen MR) is 91.6 cm³/mol. The van der Waals surface area contributed by atoms with Gasteiger partial charge >= 0.3 is 0 Å². The molecule has 0 radical (unpaired) electrons. The highest BCUT2D eigenvalue weighted by atomic mass is 16.3. The second kappa shape index (κ2) is 6.16. The number of phenolic OH excluding ortho intramolecular Hbond substituents is 1. The van der Waals surface area contributed by atoms with E-state index in [1.165, 1.54) is 0 Å². The Labute approximate surface area is 135 Å². The summed E-state index contributed by atoms with van der Waals surface area (Å²) in [6, 6.07) is 16.7. The Balaban J connectivity index is 1.89. The van der Waals surface area contributed by atoms with E-state index < -0.39 is 0 Å². The van der Waals surface area contributed by atoms with E-state index in [1.54, 1.807) is 18.2 Å². The lowest BCUT2D eigenvalue weighted by Crippen LogP contribution is -2.28. The number of carbonyl (C=O) groups excluding carboxylic acids is 1. The summed E-state index contributed by atoms with van der Waals surface area (Å²) in [5.74, 6) is 0.0881. The maximum Gasteiger partial charge on any atom is 0.268 e. The molecule has 4 heteroatoms. The van der Waals surface area contributed by atoms with Crippen LogP contribution in [-0.4, -0.2) is 15.6 Å². The highest BCUT2D eigenvalue weighted by Gasteiger charge is 2.17. The first-order valence-electron chi connectivity index (χ1n) is 7.78. The molecule has 1 atom stereocenters. The lowest BCUT2D eigenvalue weighted by molar-refractivity contribution is 0.0931. The van der Waals surface area contributed by atoms with E-state index in [2.05, 4.69) is 5.32 Å². The number of rotatable bonds is 4. The average Bonchev–Trinajstić information content (AvgIpc) is 2.93. The van der Waals surface area contributed by atoms with E-state index in [4.69, 9.17) is 0 Å². The zero-order valence-electron chi connectivity index (χ0n) is 13.3. The Morgan fingerprint density at radius 3 is 2.70 bits per heavy atom. The molecule has 0 aliphatic rings. The summed E-state index contributed by atoms with van der Waals surface area (Å²) in [6.07, 6.45) is 0. The van der Waals surface area contributed by atoms with Crippen LogP contribution in [0, 0.1) is 0 Å². The van der Waals surface area contributed by atoms with Gasteiger partial charge in [0.25, 0.3) is 5.91 Å². The zero-order valence-corrected chi connectivity index (χ0v) is 13.3. The first-order chi connectivity index (χ1) is 11.1. The summed E-state index contributed by atoms with van der Waals surface area (Å²) < 4.78 is 2.01. The molecule has 0 aliphatic carbocycles. The third-order valence-corrected chi connectivity index (χ3v) is 4.08. The minimum absolute atomic E-state index is 0.112. The van der Waals surface area contributed by atoms with Crippen molar-refractivity contribution in [1.29, 1.82) is 0 Å². The summed E-state index contributed by atoms with van der Waals surface area (Å²) in [7, 11) is 0. The summed E-state index contributed by atoms with van der Waals surface area (Å²) in [5.41, 5.74) is 2.59. The summed E-state index contributed by atoms with van der Waals surface area (Å²) in [5, 5.41) is 13.6. The van der Waals surface area contributed by atoms with E-state index in [0.717, 1.165) is 23.0 Å². The van der Waals surface area contributed by atoms with E-state index in [-0.39, 0.29) is 17.7 Å². The first-order valence-corrected chi connectivity index (χ1v) is 7.78. The van der Waals surface area contributed by atoms with Gasteiger partial charge in [-0.05, 0) is 43.7 Å². The van der Waals surface area contributed by atoms with Crippen LogP contribution in [0.5, 0.6) is 5.75 Å². The Bertz CT molecular complexity index is 851. The quantitative estimate of drug-likeness (QED) is 0.769. The lowest BCUT2D eigenvalue weighted by atomic mass is 10.1. The van der Waals surface area contributed by atoms with Crippen molar-refractivity contribution in [3.63, 3.8) is 0 Å². The number of nitrogens with one attached hydrogen (secondary N) is 1. The Kier molecular flexibility index (Phi) is 4.06. The van der Waals surface area contributed by atoms with Gasteiger partial charge < -0.3 is 15.0 Å². The zero-order chi connectivity index (χ0) is 16.4. The van der Waals surface area contributed by atoms with Crippen molar-refractivity contribution < 1.29 is 9.90 Å². The van der Waals surface area contributed by atoms with Crippen LogP contribution >= 0.6 is 0 Å². The number of phenols is 1. The van der Waals surface area contributed by atoms with E-state index in [9.17, 15) is 9.90 Å². The summed E-state index contributed by atoms with van der Waals surface area (Å²) >= 11 is 0. The minimum atomic E-state index is -0.182. The predicted octanol–water partition coefficient (Wildman–Crippen LogP) is 3.86. The second-order valence-corrected chi connectivity index (χ2v) is 5.62. The largest absolute Gasteiger partial charge is 0.508 e. The molecule has 1 unspecified atom stereocenters. The molecule has 0 fully saturated rings. The number of hydrogen-bond donors (Lipinski definition) is 2. The van der Waals surface area contributed by atoms with Crippen LogP contribution in [0.25, 0.3) is 10.9 Å². The number of benzene rings is 2. The fraction of sp³-hybridized carbons (Fsp3) is 0.211. The van der Waals surface area contributed by atoms with Crippen LogP contribution in [0.2, 0.25) is 0 Å². The standard InChI is InChI=1S/C19H20N2O2/c1-3-21-17-10-5-4-7-15(17)12-18(21)19(23)20-13(2)14-8-6-9-16(22)11-14/h4-13,22H,3H2,1-2H3,(H,20,23). The molecule has 118 valence electrons. The van der Waals surface area contributed by atoms with Gasteiger partial charge in [-0.1, -0.05) is 30.3 Å². The van der Waals surface area contributed by atoms with Crippen molar-refractivity contribution >= 4 is 16.8 Å². The smallest absolute Gasteiger partial charge is 0.268 e. The van der Waals surface area contributed by atoms with Crippen LogP contribution in [0.4, 0.5) is 0 Å². The number of aryl methyl sites for hydroxylation is 1. The lowest BCUT2D eigenvalue weighted by Gasteiger charge is -2.15. The molecule has 0 saturated carbocycles. The molecule has 1 heterocycles. The highest BCUT2D eigenvalue weighted by Crippen LogP contribution is 2.22. The molecule has 0 aliphatic heterocycles. The van der Waals surface area contributed by atoms with Crippen LogP contribution in [-0.2, 0) is 6.54 Å². The van der Waals surface area contributed by atoms with Gasteiger partial charge in [-0.2, -0.15) is 0 Å². The highest BCUT2D eigenvalue weighted by molar-refractivity contribution is 5.98. The number of aromatic nitrogens is 1. The minimum Gasteiger partial charge on any atom is -0.508 e. The third kappa shape index (κ3) is 2.93. The summed E-state index contributed by atoms with van der Waals surface area (Å²) in [4.78, 5) is 12.7. The van der Waals surface area contributed by atoms with Gasteiger partial charge in [0.15, 0.2) is 0 Å². The molecule has 4 nitrogen and oxygen atoms in total. The van der Waals surface area contributed by atoms with Crippen molar-refractivity contribution in [1.82, 2.24) is 9.88 Å². The number of nitrogens with zero attached hydrogens (tertiary/aromatic N) is 1. The van der Waals surface area contributed by atoms with E-state index in [1.807, 2.05) is 54.8 Å². The number of amides is 1. The molecular formula is C19H20N2O2. The maximum absolute atomic E-state index is 12.7. The van der Waals surface area contributed by atoms with Gasteiger partial charge in [-0.25, -0.2) is 0 Å². The second-order valence-electron chi connectivity index (χ2n) is 5.62. The fourth-order valence-electron chi connectivity index (χ4n) is 2.89. The van der Waals surface area contributed by atoms with Crippen LogP contribution in [0.15, 0.2) is 54.6 Å². The molecule has 0 bridgehead atoms. The number of aromatic hydroxyl groups is 1. The molecule has 0 spiro atoms. The number of fused-ring (bicyclic) bond motifs is 1. The number of hydrogen-bond acceptors (Lipinski definition) is 2. The monoisotopic (exact) mass is 308 g/mol. The normalized spacial score (nSPS) is 12.3. The van der Waals surface area contributed by atoms with Crippen molar-refractivity contribution in [3.05, 3.63) is 65.9 Å². The maximum atomic E-state index is 12.7. The van der Waals surface area contributed by atoms with Crippen molar-refractivity contribution in [2.75, 3.05) is 0 Å². The van der Waals surface area contributed by atoms with Gasteiger partial charge in [0, 0.05) is 17.4 Å². The topological polar surface area (TPSA) is 54.3 Å². The van der Waals surface area contributed by atoms with Crippen LogP contribution in [0.3, 0.4) is 0 Å². The number of carbonyl (C=O) groups is 1. The molecular weight excluding hydrogens is 288 g/mol. The molecule has 23 heavy (non-hydrogen) atoms. The van der Waals surface area contributed by atoms with E-state index in [0.29, 0.717) is 5.69 Å². The first kappa shape index (κ1) is 15.2. The van der Waals surface area contributed by atoms with Gasteiger partial charge in [0.2, 0.25) is 0 Å². The van der Waals surface area contributed by atoms with Gasteiger partial charge in [0.1, 0.15) is 11.4 Å². The van der Waals surface area contributed by atoms with Crippen molar-refractivity contribution in [3.8, 4) is 5.75 Å². The van der Waals surface area contributed by atoms with Crippen LogP contribution in [0.1, 0.15) is 35.9 Å². The Hall–Kier alpha value is -2.75. The molecule has 2 N–H and O–H groups in total. The van der Waals surface area contributed by atoms with E-state index >= 15 is 0 Å². The molecule has 3 aromatic rings. The number of para-hydroxylation sites is 1. The van der Waals surface area contributed by atoms with Gasteiger partial charge in [0.05, 0.1) is 6.04 Å². The molecule has 1 aromatic heterocycles. The Morgan fingerprint density at radius 2 is 1.96 bits per heavy atom. The Morgan fingerprint density at radius 1 is 1.17 bits per heavy atom. The summed E-state index contributed by atoms with van der Waals surface area (Å²) in [6.45, 7) is 4.67. The molecule has 0 saturated heterocycles. The SMILES string of the molecule is CCn1c(C(=O)NC(C)c2cccc(O)c2)cc2ccccc21. The van der Waals surface area contributed by atoms with Crippen LogP contribution < -0.4 is 5.32 Å². The van der Waals surface area contributed by atoms with Crippen molar-refractivity contribution in [2.24, 2.45) is 0 Å². The average molecular weight is 308 g/mol. The van der Waals surface area contributed by atoms with Gasteiger partial charge in [-0.3, -0.25) is 4.79 Å². The molecule has 3 rings (SSSR count). The molecule has 1 amide bonds.